The van der Waals surface area contributed by atoms with Crippen molar-refractivity contribution in [3.05, 3.63) is 34.2 Å². The predicted molar refractivity (Wildman–Crippen MR) is 59.2 cm³/mol. The highest BCUT2D eigenvalue weighted by atomic mass is 79.9. The van der Waals surface area contributed by atoms with Crippen molar-refractivity contribution in [1.29, 1.82) is 0 Å². The highest BCUT2D eigenvalue weighted by Gasteiger charge is 2.17. The SMILES string of the molecule is CCc1c(C(=O)O)nc2c(Br)cccn12. The minimum Gasteiger partial charge on any atom is -0.476 e. The molecule has 0 fully saturated rings. The molecule has 0 saturated heterocycles. The lowest BCUT2D eigenvalue weighted by molar-refractivity contribution is 0.0690. The lowest BCUT2D eigenvalue weighted by Crippen LogP contribution is -2.02. The molecule has 0 radical (unpaired) electrons. The van der Waals surface area contributed by atoms with Gasteiger partial charge in [-0.1, -0.05) is 6.92 Å². The average Bonchev–Trinajstić information content (AvgIpc) is 2.57. The van der Waals surface area contributed by atoms with Crippen molar-refractivity contribution >= 4 is 27.5 Å². The van der Waals surface area contributed by atoms with E-state index in [1.165, 1.54) is 0 Å². The molecule has 15 heavy (non-hydrogen) atoms. The van der Waals surface area contributed by atoms with Crippen molar-refractivity contribution in [2.45, 2.75) is 13.3 Å². The van der Waals surface area contributed by atoms with E-state index in [-0.39, 0.29) is 5.69 Å². The van der Waals surface area contributed by atoms with E-state index in [1.54, 1.807) is 4.40 Å². The lowest BCUT2D eigenvalue weighted by atomic mass is 10.2. The number of nitrogens with zero attached hydrogens (tertiary/aromatic N) is 2. The molecule has 0 unspecified atom stereocenters. The Bertz CT molecular complexity index is 533. The summed E-state index contributed by atoms with van der Waals surface area (Å²) in [6.45, 7) is 1.91. The third-order valence-electron chi connectivity index (χ3n) is 2.24. The van der Waals surface area contributed by atoms with Crippen LogP contribution in [0.1, 0.15) is 23.1 Å². The van der Waals surface area contributed by atoms with E-state index in [1.807, 2.05) is 25.3 Å². The van der Waals surface area contributed by atoms with Gasteiger partial charge in [-0.3, -0.25) is 0 Å². The molecule has 4 nitrogen and oxygen atoms in total. The molecule has 2 heterocycles. The molecule has 0 aliphatic heterocycles. The molecule has 1 N–H and O–H groups in total. The highest BCUT2D eigenvalue weighted by Crippen LogP contribution is 2.20. The highest BCUT2D eigenvalue weighted by molar-refractivity contribution is 9.10. The summed E-state index contributed by atoms with van der Waals surface area (Å²) in [5.41, 5.74) is 1.50. The number of imidazole rings is 1. The minimum atomic E-state index is -0.984. The van der Waals surface area contributed by atoms with Gasteiger partial charge in [0.05, 0.1) is 10.2 Å². The maximum atomic E-state index is 11.0. The summed E-state index contributed by atoms with van der Waals surface area (Å²) < 4.78 is 2.60. The van der Waals surface area contributed by atoms with Crippen LogP contribution in [0.4, 0.5) is 0 Å². The number of carbonyl (C=O) groups is 1. The number of carboxylic acid groups (broad SMARTS) is 1. The third kappa shape index (κ3) is 1.52. The van der Waals surface area contributed by atoms with Gasteiger partial charge in [0.1, 0.15) is 0 Å². The van der Waals surface area contributed by atoms with E-state index in [0.717, 1.165) is 10.2 Å². The molecule has 0 atom stereocenters. The standard InChI is InChI=1S/C10H9BrN2O2/c1-2-7-8(10(14)15)12-9-6(11)4-3-5-13(7)9/h3-5H,2H2,1H3,(H,14,15). The summed E-state index contributed by atoms with van der Waals surface area (Å²) in [6, 6.07) is 3.69. The quantitative estimate of drug-likeness (QED) is 0.910. The number of halogens is 1. The van der Waals surface area contributed by atoms with Crippen molar-refractivity contribution in [3.63, 3.8) is 0 Å². The van der Waals surface area contributed by atoms with Crippen LogP contribution in [0.25, 0.3) is 5.65 Å². The molecular weight excluding hydrogens is 260 g/mol. The van der Waals surface area contributed by atoms with Crippen LogP contribution in [0.2, 0.25) is 0 Å². The Labute approximate surface area is 94.7 Å². The van der Waals surface area contributed by atoms with Crippen molar-refractivity contribution in [2.24, 2.45) is 0 Å². The number of aromatic carboxylic acids is 1. The first kappa shape index (κ1) is 10.2. The summed E-state index contributed by atoms with van der Waals surface area (Å²) in [5.74, 6) is -0.984. The van der Waals surface area contributed by atoms with Gasteiger partial charge in [-0.25, -0.2) is 9.78 Å². The van der Waals surface area contributed by atoms with Crippen molar-refractivity contribution in [2.75, 3.05) is 0 Å². The summed E-state index contributed by atoms with van der Waals surface area (Å²) in [6.07, 6.45) is 2.46. The molecular formula is C10H9BrN2O2. The third-order valence-corrected chi connectivity index (χ3v) is 2.86. The first-order chi connectivity index (χ1) is 7.15. The Balaban J connectivity index is 2.84. The maximum Gasteiger partial charge on any atom is 0.356 e. The van der Waals surface area contributed by atoms with Crippen LogP contribution in [-0.2, 0) is 6.42 Å². The fourth-order valence-electron chi connectivity index (χ4n) is 1.59. The van der Waals surface area contributed by atoms with E-state index in [4.69, 9.17) is 5.11 Å². The molecule has 2 aromatic rings. The summed E-state index contributed by atoms with van der Waals surface area (Å²) in [5, 5.41) is 9.00. The maximum absolute atomic E-state index is 11.0. The van der Waals surface area contributed by atoms with E-state index < -0.39 is 5.97 Å². The number of aryl methyl sites for hydroxylation is 1. The zero-order chi connectivity index (χ0) is 11.0. The summed E-state index contributed by atoms with van der Waals surface area (Å²) >= 11 is 3.35. The van der Waals surface area contributed by atoms with Crippen LogP contribution in [0.3, 0.4) is 0 Å². The van der Waals surface area contributed by atoms with Gasteiger partial charge in [-0.05, 0) is 34.5 Å². The summed E-state index contributed by atoms with van der Waals surface area (Å²) in [4.78, 5) is 15.1. The van der Waals surface area contributed by atoms with Crippen LogP contribution < -0.4 is 0 Å². The van der Waals surface area contributed by atoms with Crippen molar-refractivity contribution in [3.8, 4) is 0 Å². The fourth-order valence-corrected chi connectivity index (χ4v) is 2.02. The Morgan fingerprint density at radius 3 is 3.00 bits per heavy atom. The normalized spacial score (nSPS) is 10.8. The first-order valence-corrected chi connectivity index (χ1v) is 5.33. The largest absolute Gasteiger partial charge is 0.476 e. The van der Waals surface area contributed by atoms with E-state index in [2.05, 4.69) is 20.9 Å². The van der Waals surface area contributed by atoms with Gasteiger partial charge in [0.2, 0.25) is 0 Å². The predicted octanol–water partition coefficient (Wildman–Crippen LogP) is 2.36. The number of fused-ring (bicyclic) bond motifs is 1. The molecule has 2 rings (SSSR count). The molecule has 0 aromatic carbocycles. The number of pyridine rings is 1. The smallest absolute Gasteiger partial charge is 0.356 e. The first-order valence-electron chi connectivity index (χ1n) is 4.54. The van der Waals surface area contributed by atoms with E-state index in [0.29, 0.717) is 12.1 Å². The van der Waals surface area contributed by atoms with Gasteiger partial charge in [0, 0.05) is 6.20 Å². The van der Waals surface area contributed by atoms with E-state index >= 15 is 0 Å². The van der Waals surface area contributed by atoms with E-state index in [9.17, 15) is 4.79 Å². The Morgan fingerprint density at radius 1 is 1.67 bits per heavy atom. The van der Waals surface area contributed by atoms with Crippen LogP contribution in [0.15, 0.2) is 22.8 Å². The van der Waals surface area contributed by atoms with Crippen LogP contribution in [0.5, 0.6) is 0 Å². The molecule has 0 saturated carbocycles. The molecule has 2 aromatic heterocycles. The fraction of sp³-hybridized carbons (Fsp3) is 0.200. The molecule has 0 aliphatic rings. The van der Waals surface area contributed by atoms with Gasteiger partial charge in [-0.15, -0.1) is 0 Å². The minimum absolute atomic E-state index is 0.129. The Morgan fingerprint density at radius 2 is 2.40 bits per heavy atom. The molecule has 0 aliphatic carbocycles. The Kier molecular flexibility index (Phi) is 2.48. The second-order valence-electron chi connectivity index (χ2n) is 3.12. The van der Waals surface area contributed by atoms with Crippen LogP contribution in [0, 0.1) is 0 Å². The average molecular weight is 269 g/mol. The van der Waals surface area contributed by atoms with Gasteiger partial charge in [0.15, 0.2) is 11.3 Å². The summed E-state index contributed by atoms with van der Waals surface area (Å²) in [7, 11) is 0. The molecule has 0 amide bonds. The molecule has 5 heteroatoms. The Hall–Kier alpha value is -1.36. The number of hydrogen-bond donors (Lipinski definition) is 1. The number of aromatic nitrogens is 2. The van der Waals surface area contributed by atoms with Gasteiger partial charge < -0.3 is 9.51 Å². The zero-order valence-electron chi connectivity index (χ0n) is 8.07. The molecule has 0 spiro atoms. The van der Waals surface area contributed by atoms with Gasteiger partial charge in [-0.2, -0.15) is 0 Å². The second-order valence-corrected chi connectivity index (χ2v) is 3.97. The zero-order valence-corrected chi connectivity index (χ0v) is 9.65. The van der Waals surface area contributed by atoms with Crippen molar-refractivity contribution < 1.29 is 9.90 Å². The van der Waals surface area contributed by atoms with Crippen LogP contribution >= 0.6 is 15.9 Å². The second kappa shape index (κ2) is 3.66. The van der Waals surface area contributed by atoms with Crippen molar-refractivity contribution in [1.82, 2.24) is 9.38 Å². The number of rotatable bonds is 2. The van der Waals surface area contributed by atoms with Gasteiger partial charge in [0.25, 0.3) is 0 Å². The number of carboxylic acids is 1. The van der Waals surface area contributed by atoms with Crippen LogP contribution in [-0.4, -0.2) is 20.5 Å². The topological polar surface area (TPSA) is 54.6 Å². The molecule has 0 bridgehead atoms. The number of hydrogen-bond acceptors (Lipinski definition) is 2. The van der Waals surface area contributed by atoms with Gasteiger partial charge >= 0.3 is 5.97 Å². The monoisotopic (exact) mass is 268 g/mol. The lowest BCUT2D eigenvalue weighted by Gasteiger charge is -1.99. The molecule has 78 valence electrons.